The molecule has 3 aromatic rings. The Hall–Kier alpha value is -3.00. The molecule has 0 spiro atoms. The van der Waals surface area contributed by atoms with Gasteiger partial charge in [-0.1, -0.05) is 51.5 Å². The van der Waals surface area contributed by atoms with Crippen LogP contribution in [0.4, 0.5) is 0 Å². The van der Waals surface area contributed by atoms with Gasteiger partial charge in [0.05, 0.1) is 5.69 Å². The number of benzene rings is 1. The van der Waals surface area contributed by atoms with E-state index in [9.17, 15) is 18.3 Å². The van der Waals surface area contributed by atoms with E-state index in [-0.39, 0.29) is 5.03 Å². The van der Waals surface area contributed by atoms with Gasteiger partial charge in [0.25, 0.3) is 5.56 Å². The van der Waals surface area contributed by atoms with Gasteiger partial charge in [-0.3, -0.25) is 9.36 Å². The minimum absolute atomic E-state index is 0.301. The second-order valence-corrected chi connectivity index (χ2v) is 9.57. The number of hydrogen-bond acceptors (Lipinski definition) is 6. The van der Waals surface area contributed by atoms with Gasteiger partial charge in [0.2, 0.25) is 20.6 Å². The van der Waals surface area contributed by atoms with E-state index in [4.69, 9.17) is 0 Å². The van der Waals surface area contributed by atoms with E-state index in [1.54, 1.807) is 13.0 Å². The summed E-state index contributed by atoms with van der Waals surface area (Å²) in [6.07, 6.45) is 4.76. The smallest absolute Gasteiger partial charge is 0.281 e. The van der Waals surface area contributed by atoms with E-state index < -0.39 is 26.2 Å². The average Bonchev–Trinajstić information content (AvgIpc) is 2.77. The van der Waals surface area contributed by atoms with Gasteiger partial charge in [-0.05, 0) is 48.9 Å². The summed E-state index contributed by atoms with van der Waals surface area (Å²) in [7, 11) is -4.38. The first-order chi connectivity index (χ1) is 15.3. The average molecular weight is 456 g/mol. The molecule has 0 aliphatic carbocycles. The Bertz CT molecular complexity index is 1260. The molecule has 0 aliphatic rings. The Morgan fingerprint density at radius 1 is 1.03 bits per heavy atom. The molecule has 0 atom stereocenters. The summed E-state index contributed by atoms with van der Waals surface area (Å²) in [5, 5.41) is 10.3. The second kappa shape index (κ2) is 9.65. The third-order valence-electron chi connectivity index (χ3n) is 5.46. The maximum Gasteiger partial charge on any atom is 0.281 e. The fourth-order valence-corrected chi connectivity index (χ4v) is 4.98. The van der Waals surface area contributed by atoms with E-state index in [0.29, 0.717) is 30.8 Å². The van der Waals surface area contributed by atoms with Crippen molar-refractivity contribution in [2.45, 2.75) is 69.7 Å². The van der Waals surface area contributed by atoms with E-state index in [0.717, 1.165) is 29.5 Å². The minimum atomic E-state index is -4.38. The number of nitrogens with zero attached hydrogens (tertiary/aromatic N) is 3. The highest BCUT2D eigenvalue weighted by Crippen LogP contribution is 2.27. The maximum atomic E-state index is 13.8. The zero-order valence-corrected chi connectivity index (χ0v) is 19.7. The lowest BCUT2D eigenvalue weighted by molar-refractivity contribution is 0.424. The standard InChI is InChI=1S/C24H29N3O4S/c1-5-8-12-19-26-23(28)22(32(30,31)20-14-13-16(4)15-25-20)24(29)27(19)21-17(6-2)10-9-11-18(21)7-3/h9-11,13-15,28H,5-8,12H2,1-4H3. The van der Waals surface area contributed by atoms with E-state index >= 15 is 0 Å². The molecule has 0 radical (unpaired) electrons. The van der Waals surface area contributed by atoms with Gasteiger partial charge >= 0.3 is 0 Å². The fourth-order valence-electron chi connectivity index (χ4n) is 3.73. The first kappa shape index (κ1) is 23.7. The van der Waals surface area contributed by atoms with Crippen molar-refractivity contribution in [2.24, 2.45) is 0 Å². The van der Waals surface area contributed by atoms with Gasteiger partial charge in [0.15, 0.2) is 5.03 Å². The Balaban J connectivity index is 2.40. The van der Waals surface area contributed by atoms with Crippen LogP contribution in [0.5, 0.6) is 5.88 Å². The molecule has 170 valence electrons. The van der Waals surface area contributed by atoms with Crippen molar-refractivity contribution in [1.29, 1.82) is 0 Å². The fraction of sp³-hybridized carbons (Fsp3) is 0.375. The third-order valence-corrected chi connectivity index (χ3v) is 7.15. The molecule has 1 aromatic carbocycles. The molecule has 0 aliphatic heterocycles. The van der Waals surface area contributed by atoms with Gasteiger partial charge in [-0.25, -0.2) is 13.4 Å². The van der Waals surface area contributed by atoms with E-state index in [1.807, 2.05) is 39.0 Å². The Kier molecular flexibility index (Phi) is 7.13. The number of aromatic hydroxyl groups is 1. The molecule has 0 amide bonds. The van der Waals surface area contributed by atoms with Crippen LogP contribution in [-0.4, -0.2) is 28.1 Å². The number of hydrogen-bond donors (Lipinski definition) is 1. The van der Waals surface area contributed by atoms with Gasteiger partial charge in [0.1, 0.15) is 5.82 Å². The number of aryl methyl sites for hydroxylation is 4. The van der Waals surface area contributed by atoms with Crippen LogP contribution in [0.1, 0.15) is 56.1 Å². The third kappa shape index (κ3) is 4.32. The predicted octanol–water partition coefficient (Wildman–Crippen LogP) is 3.94. The summed E-state index contributed by atoms with van der Waals surface area (Å²) < 4.78 is 28.0. The summed E-state index contributed by atoms with van der Waals surface area (Å²) in [5.41, 5.74) is 2.45. The van der Waals surface area contributed by atoms with E-state index in [1.165, 1.54) is 16.8 Å². The zero-order chi connectivity index (χ0) is 23.5. The summed E-state index contributed by atoms with van der Waals surface area (Å²) >= 11 is 0. The molecule has 2 heterocycles. The summed E-state index contributed by atoms with van der Waals surface area (Å²) in [6, 6.07) is 8.70. The molecule has 0 unspecified atom stereocenters. The number of sulfone groups is 1. The molecule has 3 rings (SSSR count). The molecule has 8 heteroatoms. The quantitative estimate of drug-likeness (QED) is 0.552. The van der Waals surface area contributed by atoms with Crippen molar-refractivity contribution in [3.8, 4) is 11.6 Å². The minimum Gasteiger partial charge on any atom is -0.492 e. The first-order valence-electron chi connectivity index (χ1n) is 10.9. The zero-order valence-electron chi connectivity index (χ0n) is 18.9. The molecular weight excluding hydrogens is 426 g/mol. The first-order valence-corrected chi connectivity index (χ1v) is 12.4. The highest BCUT2D eigenvalue weighted by Gasteiger charge is 2.31. The van der Waals surface area contributed by atoms with Crippen LogP contribution in [0, 0.1) is 6.92 Å². The van der Waals surface area contributed by atoms with Crippen molar-refractivity contribution in [2.75, 3.05) is 0 Å². The van der Waals surface area contributed by atoms with Crippen LogP contribution in [-0.2, 0) is 29.1 Å². The van der Waals surface area contributed by atoms with E-state index in [2.05, 4.69) is 9.97 Å². The van der Waals surface area contributed by atoms with Crippen molar-refractivity contribution in [1.82, 2.24) is 14.5 Å². The number of unbranched alkanes of at least 4 members (excludes halogenated alkanes) is 1. The van der Waals surface area contributed by atoms with Crippen molar-refractivity contribution < 1.29 is 13.5 Å². The van der Waals surface area contributed by atoms with Crippen LogP contribution < -0.4 is 5.56 Å². The maximum absolute atomic E-state index is 13.8. The Morgan fingerprint density at radius 2 is 1.69 bits per heavy atom. The highest BCUT2D eigenvalue weighted by molar-refractivity contribution is 7.91. The Labute approximate surface area is 188 Å². The van der Waals surface area contributed by atoms with Gasteiger partial charge in [0, 0.05) is 12.6 Å². The van der Waals surface area contributed by atoms with Crippen molar-refractivity contribution in [3.05, 3.63) is 69.4 Å². The number of rotatable bonds is 8. The normalized spacial score (nSPS) is 11.6. The van der Waals surface area contributed by atoms with Crippen molar-refractivity contribution in [3.63, 3.8) is 0 Å². The number of para-hydroxylation sites is 1. The molecular formula is C24H29N3O4S. The molecule has 0 saturated carbocycles. The lowest BCUT2D eigenvalue weighted by atomic mass is 10.0. The Morgan fingerprint density at radius 3 is 2.22 bits per heavy atom. The van der Waals surface area contributed by atoms with Gasteiger partial charge < -0.3 is 5.11 Å². The summed E-state index contributed by atoms with van der Waals surface area (Å²) in [4.78, 5) is 21.2. The lowest BCUT2D eigenvalue weighted by Gasteiger charge is -2.20. The monoisotopic (exact) mass is 455 g/mol. The topological polar surface area (TPSA) is 102 Å². The molecule has 1 N–H and O–H groups in total. The molecule has 7 nitrogen and oxygen atoms in total. The van der Waals surface area contributed by atoms with Crippen LogP contribution >= 0.6 is 0 Å². The van der Waals surface area contributed by atoms with Crippen LogP contribution in [0.3, 0.4) is 0 Å². The van der Waals surface area contributed by atoms with Crippen molar-refractivity contribution >= 4 is 9.84 Å². The number of pyridine rings is 1. The summed E-state index contributed by atoms with van der Waals surface area (Å²) in [5.74, 6) is -0.437. The van der Waals surface area contributed by atoms with Gasteiger partial charge in [-0.2, -0.15) is 4.98 Å². The molecule has 32 heavy (non-hydrogen) atoms. The lowest BCUT2D eigenvalue weighted by Crippen LogP contribution is -2.30. The molecule has 0 saturated heterocycles. The molecule has 0 fully saturated rings. The van der Waals surface area contributed by atoms with Crippen LogP contribution in [0.25, 0.3) is 5.69 Å². The highest BCUT2D eigenvalue weighted by atomic mass is 32.2. The second-order valence-electron chi connectivity index (χ2n) is 7.73. The largest absolute Gasteiger partial charge is 0.492 e. The molecule has 0 bridgehead atoms. The van der Waals surface area contributed by atoms with Crippen LogP contribution in [0.15, 0.2) is 51.2 Å². The molecule has 2 aromatic heterocycles. The summed E-state index contributed by atoms with van der Waals surface area (Å²) in [6.45, 7) is 7.76. The number of aromatic nitrogens is 3. The predicted molar refractivity (Wildman–Crippen MR) is 123 cm³/mol. The van der Waals surface area contributed by atoms with Gasteiger partial charge in [-0.15, -0.1) is 0 Å². The SMILES string of the molecule is CCCCc1nc(O)c(S(=O)(=O)c2ccc(C)cn2)c(=O)n1-c1c(CC)cccc1CC. The van der Waals surface area contributed by atoms with Crippen LogP contribution in [0.2, 0.25) is 0 Å².